The molecular formula is C28H27N3O6S. The number of likely N-dealkylation sites (N-methyl/N-ethyl adjacent to an activating group) is 1. The highest BCUT2D eigenvalue weighted by Crippen LogP contribution is 2.46. The number of nitrogens with zero attached hydrogens (tertiary/aromatic N) is 2. The minimum Gasteiger partial charge on any atom is -0.497 e. The SMILES string of the molecule is COc1ccc([C@H]2[C@H](C(=O)Nc3nc4ccc(OC)cc4s3)c3cc(OC)c(OC)cc3C(=O)N2C)cc1. The third kappa shape index (κ3) is 4.37. The normalized spacial score (nSPS) is 16.7. The van der Waals surface area contributed by atoms with E-state index in [4.69, 9.17) is 18.9 Å². The lowest BCUT2D eigenvalue weighted by atomic mass is 9.79. The van der Waals surface area contributed by atoms with Crippen LogP contribution in [-0.4, -0.2) is 57.2 Å². The van der Waals surface area contributed by atoms with Crippen molar-refractivity contribution >= 4 is 38.5 Å². The molecule has 5 rings (SSSR count). The molecule has 10 heteroatoms. The van der Waals surface area contributed by atoms with Crippen molar-refractivity contribution in [3.63, 3.8) is 0 Å². The summed E-state index contributed by atoms with van der Waals surface area (Å²) in [4.78, 5) is 33.8. The summed E-state index contributed by atoms with van der Waals surface area (Å²) < 4.78 is 22.5. The third-order valence-corrected chi connectivity index (χ3v) is 7.67. The summed E-state index contributed by atoms with van der Waals surface area (Å²) in [5.74, 6) is 0.944. The first-order chi connectivity index (χ1) is 18.4. The van der Waals surface area contributed by atoms with Crippen LogP contribution in [0.25, 0.3) is 10.2 Å². The van der Waals surface area contributed by atoms with Gasteiger partial charge in [-0.1, -0.05) is 23.5 Å². The Labute approximate surface area is 223 Å². The highest BCUT2D eigenvalue weighted by molar-refractivity contribution is 7.22. The Balaban J connectivity index is 1.62. The summed E-state index contributed by atoms with van der Waals surface area (Å²) in [6.45, 7) is 0. The molecule has 0 bridgehead atoms. The van der Waals surface area contributed by atoms with Crippen molar-refractivity contribution in [2.45, 2.75) is 12.0 Å². The molecule has 1 aliphatic heterocycles. The van der Waals surface area contributed by atoms with Crippen LogP contribution in [0.3, 0.4) is 0 Å². The van der Waals surface area contributed by atoms with Gasteiger partial charge in [0.2, 0.25) is 5.91 Å². The molecule has 0 radical (unpaired) electrons. The smallest absolute Gasteiger partial charge is 0.254 e. The topological polar surface area (TPSA) is 99.2 Å². The number of carbonyl (C=O) groups excluding carboxylic acids is 2. The van der Waals surface area contributed by atoms with Crippen molar-refractivity contribution < 1.29 is 28.5 Å². The molecule has 0 spiro atoms. The van der Waals surface area contributed by atoms with Crippen molar-refractivity contribution in [1.29, 1.82) is 0 Å². The molecule has 0 saturated carbocycles. The Bertz CT molecular complexity index is 1520. The van der Waals surface area contributed by atoms with Crippen LogP contribution in [0, 0.1) is 0 Å². The Hall–Kier alpha value is -4.31. The number of ether oxygens (including phenoxy) is 4. The lowest BCUT2D eigenvalue weighted by Crippen LogP contribution is -2.44. The van der Waals surface area contributed by atoms with Gasteiger partial charge in [-0.25, -0.2) is 4.98 Å². The second-order valence-corrected chi connectivity index (χ2v) is 9.78. The van der Waals surface area contributed by atoms with Crippen LogP contribution in [0.5, 0.6) is 23.0 Å². The fourth-order valence-corrected chi connectivity index (χ4v) is 5.71. The van der Waals surface area contributed by atoms with E-state index >= 15 is 0 Å². The minimum atomic E-state index is -0.762. The highest BCUT2D eigenvalue weighted by Gasteiger charge is 2.44. The zero-order chi connectivity index (χ0) is 27.0. The second-order valence-electron chi connectivity index (χ2n) is 8.75. The van der Waals surface area contributed by atoms with E-state index in [1.54, 1.807) is 38.3 Å². The van der Waals surface area contributed by atoms with Gasteiger partial charge in [-0.15, -0.1) is 0 Å². The molecule has 2 amide bonds. The second kappa shape index (κ2) is 10.2. The summed E-state index contributed by atoms with van der Waals surface area (Å²) in [5, 5.41) is 3.45. The quantitative estimate of drug-likeness (QED) is 0.362. The molecule has 0 fully saturated rings. The molecular weight excluding hydrogens is 506 g/mol. The first-order valence-corrected chi connectivity index (χ1v) is 12.6. The summed E-state index contributed by atoms with van der Waals surface area (Å²) in [6.07, 6.45) is 0. The number of rotatable bonds is 7. The first kappa shape index (κ1) is 25.3. The number of aromatic nitrogens is 1. The maximum absolute atomic E-state index is 14.0. The summed E-state index contributed by atoms with van der Waals surface area (Å²) in [5.41, 5.74) is 2.47. The fraction of sp³-hybridized carbons (Fsp3) is 0.250. The fourth-order valence-electron chi connectivity index (χ4n) is 4.82. The predicted octanol–water partition coefficient (Wildman–Crippen LogP) is 4.88. The van der Waals surface area contributed by atoms with Crippen molar-refractivity contribution in [1.82, 2.24) is 9.88 Å². The molecule has 1 N–H and O–H groups in total. The van der Waals surface area contributed by atoms with Crippen LogP contribution in [-0.2, 0) is 4.79 Å². The van der Waals surface area contributed by atoms with Gasteiger partial charge in [0.15, 0.2) is 16.6 Å². The van der Waals surface area contributed by atoms with E-state index < -0.39 is 12.0 Å². The molecule has 2 heterocycles. The molecule has 38 heavy (non-hydrogen) atoms. The summed E-state index contributed by atoms with van der Waals surface area (Å²) in [7, 11) is 7.91. The maximum Gasteiger partial charge on any atom is 0.254 e. The number of amides is 2. The van der Waals surface area contributed by atoms with Crippen molar-refractivity contribution in [2.75, 3.05) is 40.8 Å². The number of carbonyl (C=O) groups is 2. The Morgan fingerprint density at radius 3 is 2.21 bits per heavy atom. The molecule has 3 aromatic carbocycles. The minimum absolute atomic E-state index is 0.224. The van der Waals surface area contributed by atoms with E-state index in [2.05, 4.69) is 10.3 Å². The average Bonchev–Trinajstić information content (AvgIpc) is 3.35. The third-order valence-electron chi connectivity index (χ3n) is 6.74. The molecule has 9 nitrogen and oxygen atoms in total. The van der Waals surface area contributed by atoms with Crippen LogP contribution in [0.1, 0.15) is 33.4 Å². The van der Waals surface area contributed by atoms with E-state index in [0.717, 1.165) is 15.8 Å². The number of hydrogen-bond acceptors (Lipinski definition) is 8. The van der Waals surface area contributed by atoms with Crippen molar-refractivity contribution in [3.05, 3.63) is 71.3 Å². The zero-order valence-corrected chi connectivity index (χ0v) is 22.4. The Morgan fingerprint density at radius 1 is 0.895 bits per heavy atom. The Morgan fingerprint density at radius 2 is 1.55 bits per heavy atom. The lowest BCUT2D eigenvalue weighted by Gasteiger charge is -2.40. The number of thiazole rings is 1. The average molecular weight is 534 g/mol. The molecule has 1 aromatic heterocycles. The standard InChI is InChI=1S/C28H27N3O6S/c1-31-25(15-6-8-16(34-2)9-7-15)24(18-13-21(36-4)22(37-5)14-19(18)27(31)33)26(32)30-28-29-20-11-10-17(35-3)12-23(20)38-28/h6-14,24-25H,1-5H3,(H,29,30,32)/t24-,25+/m1/s1. The molecule has 0 saturated heterocycles. The van der Waals surface area contributed by atoms with Gasteiger partial charge >= 0.3 is 0 Å². The maximum atomic E-state index is 14.0. The Kier molecular flexibility index (Phi) is 6.81. The van der Waals surface area contributed by atoms with Gasteiger partial charge in [-0.3, -0.25) is 9.59 Å². The van der Waals surface area contributed by atoms with Gasteiger partial charge in [0.25, 0.3) is 5.91 Å². The van der Waals surface area contributed by atoms with Gasteiger partial charge in [0, 0.05) is 12.6 Å². The van der Waals surface area contributed by atoms with Crippen molar-refractivity contribution in [2.24, 2.45) is 0 Å². The number of fused-ring (bicyclic) bond motifs is 2. The number of hydrogen-bond donors (Lipinski definition) is 1. The van der Waals surface area contributed by atoms with Gasteiger partial charge in [-0.05, 0) is 53.6 Å². The van der Waals surface area contributed by atoms with E-state index in [1.807, 2.05) is 42.5 Å². The molecule has 0 unspecified atom stereocenters. The van der Waals surface area contributed by atoms with Gasteiger partial charge in [-0.2, -0.15) is 0 Å². The van der Waals surface area contributed by atoms with Crippen LogP contribution in [0.15, 0.2) is 54.6 Å². The van der Waals surface area contributed by atoms with E-state index in [0.29, 0.717) is 39.3 Å². The van der Waals surface area contributed by atoms with Crippen LogP contribution in [0.4, 0.5) is 5.13 Å². The molecule has 0 aliphatic carbocycles. The summed E-state index contributed by atoms with van der Waals surface area (Å²) >= 11 is 1.35. The largest absolute Gasteiger partial charge is 0.497 e. The van der Waals surface area contributed by atoms with E-state index in [9.17, 15) is 9.59 Å². The summed E-state index contributed by atoms with van der Waals surface area (Å²) in [6, 6.07) is 15.7. The molecule has 2 atom stereocenters. The van der Waals surface area contributed by atoms with E-state index in [-0.39, 0.29) is 11.8 Å². The van der Waals surface area contributed by atoms with Crippen LogP contribution in [0.2, 0.25) is 0 Å². The number of benzene rings is 3. The van der Waals surface area contributed by atoms with Crippen LogP contribution < -0.4 is 24.3 Å². The lowest BCUT2D eigenvalue weighted by molar-refractivity contribution is -0.119. The molecule has 4 aromatic rings. The van der Waals surface area contributed by atoms with Gasteiger partial charge in [0.05, 0.1) is 50.6 Å². The predicted molar refractivity (Wildman–Crippen MR) is 145 cm³/mol. The molecule has 196 valence electrons. The van der Waals surface area contributed by atoms with Gasteiger partial charge < -0.3 is 29.2 Å². The van der Waals surface area contributed by atoms with Gasteiger partial charge in [0.1, 0.15) is 11.5 Å². The zero-order valence-electron chi connectivity index (χ0n) is 21.6. The monoisotopic (exact) mass is 533 g/mol. The number of methoxy groups -OCH3 is 4. The number of anilines is 1. The first-order valence-electron chi connectivity index (χ1n) is 11.8. The number of nitrogens with one attached hydrogen (secondary N) is 1. The molecule has 1 aliphatic rings. The van der Waals surface area contributed by atoms with Crippen LogP contribution >= 0.6 is 11.3 Å². The van der Waals surface area contributed by atoms with E-state index in [1.165, 1.54) is 25.6 Å². The van der Waals surface area contributed by atoms with Crippen molar-refractivity contribution in [3.8, 4) is 23.0 Å². The highest BCUT2D eigenvalue weighted by atomic mass is 32.1.